The van der Waals surface area contributed by atoms with Gasteiger partial charge in [-0.3, -0.25) is 4.79 Å². The Labute approximate surface area is 311 Å². The Bertz CT molecular complexity index is 759. The number of hydrogen-bond acceptors (Lipinski definition) is 16. The summed E-state index contributed by atoms with van der Waals surface area (Å²) in [6, 6.07) is 0. The molecule has 1 amide bonds. The largest absolute Gasteiger partial charge is 0.463 e. The molecule has 0 atom stereocenters. The lowest BCUT2D eigenvalue weighted by atomic mass is 10.2. The van der Waals surface area contributed by atoms with Gasteiger partial charge >= 0.3 is 12.1 Å². The van der Waals surface area contributed by atoms with Gasteiger partial charge in [-0.05, 0) is 27.2 Å². The van der Waals surface area contributed by atoms with E-state index in [9.17, 15) is 9.59 Å². The van der Waals surface area contributed by atoms with Crippen molar-refractivity contribution in [2.24, 2.45) is 0 Å². The zero-order valence-electron chi connectivity index (χ0n) is 32.3. The molecule has 0 saturated carbocycles. The molecule has 0 rings (SSSR count). The van der Waals surface area contributed by atoms with Crippen LogP contribution in [0.2, 0.25) is 0 Å². The van der Waals surface area contributed by atoms with Gasteiger partial charge in [0, 0.05) is 13.0 Å². The fourth-order valence-electron chi connectivity index (χ4n) is 3.55. The summed E-state index contributed by atoms with van der Waals surface area (Å²) >= 11 is 0. The number of amides is 1. The Balaban J connectivity index is 3.11. The van der Waals surface area contributed by atoms with Crippen LogP contribution in [-0.2, 0) is 71.1 Å². The minimum absolute atomic E-state index is 0.193. The van der Waals surface area contributed by atoms with Gasteiger partial charge in [-0.2, -0.15) is 0 Å². The SMILES string of the molecule is CCCC(=O)OCCOCCOCCOCCOCCOCCOCCOCCOCCOCCOCCOCCOCCNC(=O)OC(C)(C)C. The molecule has 0 aliphatic heterocycles. The third-order valence-corrected chi connectivity index (χ3v) is 5.95. The third-order valence-electron chi connectivity index (χ3n) is 5.95. The van der Waals surface area contributed by atoms with Crippen molar-refractivity contribution in [3.63, 3.8) is 0 Å². The Morgan fingerprint density at radius 2 is 0.654 bits per heavy atom. The molecule has 0 aliphatic rings. The molecule has 17 nitrogen and oxygen atoms in total. The first kappa shape index (κ1) is 50.3. The third kappa shape index (κ3) is 44.4. The second kappa shape index (κ2) is 40.4. The number of nitrogens with one attached hydrogen (secondary N) is 1. The van der Waals surface area contributed by atoms with Crippen LogP contribution >= 0.6 is 0 Å². The number of rotatable bonds is 41. The molecule has 0 aliphatic carbocycles. The molecule has 0 unspecified atom stereocenters. The first-order chi connectivity index (χ1) is 25.3. The minimum atomic E-state index is -0.516. The number of carbonyl (C=O) groups is 2. The quantitative estimate of drug-likeness (QED) is 0.0708. The smallest absolute Gasteiger partial charge is 0.407 e. The second-order valence-electron chi connectivity index (χ2n) is 11.7. The predicted molar refractivity (Wildman–Crippen MR) is 190 cm³/mol. The first-order valence-electron chi connectivity index (χ1n) is 18.4. The lowest BCUT2D eigenvalue weighted by Crippen LogP contribution is -2.34. The van der Waals surface area contributed by atoms with Crippen molar-refractivity contribution in [2.75, 3.05) is 172 Å². The zero-order chi connectivity index (χ0) is 38.1. The van der Waals surface area contributed by atoms with Crippen molar-refractivity contribution in [1.29, 1.82) is 0 Å². The lowest BCUT2D eigenvalue weighted by Gasteiger charge is -2.19. The second-order valence-corrected chi connectivity index (χ2v) is 11.7. The average molecular weight is 760 g/mol. The fraction of sp³-hybridized carbons (Fsp3) is 0.943. The minimum Gasteiger partial charge on any atom is -0.463 e. The van der Waals surface area contributed by atoms with Gasteiger partial charge < -0.3 is 71.6 Å². The summed E-state index contributed by atoms with van der Waals surface area (Å²) in [5, 5.41) is 2.63. The van der Waals surface area contributed by atoms with E-state index in [0.717, 1.165) is 6.42 Å². The van der Waals surface area contributed by atoms with Crippen molar-refractivity contribution < 1.29 is 75.9 Å². The van der Waals surface area contributed by atoms with Gasteiger partial charge in [0.1, 0.15) is 12.2 Å². The van der Waals surface area contributed by atoms with E-state index in [0.29, 0.717) is 172 Å². The van der Waals surface area contributed by atoms with Crippen molar-refractivity contribution in [1.82, 2.24) is 5.32 Å². The van der Waals surface area contributed by atoms with E-state index in [1.165, 1.54) is 0 Å². The summed E-state index contributed by atoms with van der Waals surface area (Å²) in [6.07, 6.45) is 0.762. The van der Waals surface area contributed by atoms with Crippen LogP contribution in [0.15, 0.2) is 0 Å². The van der Waals surface area contributed by atoms with Gasteiger partial charge in [0.2, 0.25) is 0 Å². The van der Waals surface area contributed by atoms with E-state index in [2.05, 4.69) is 5.32 Å². The lowest BCUT2D eigenvalue weighted by molar-refractivity contribution is -0.145. The molecule has 0 radical (unpaired) electrons. The standard InChI is InChI=1S/C35H69NO16/c1-5-6-33(37)51-32-31-50-30-29-49-28-27-48-26-25-47-24-23-46-22-21-45-20-19-44-18-17-43-16-15-42-14-13-41-12-11-40-10-9-39-8-7-36-34(38)52-35(2,3)4/h5-32H2,1-4H3,(H,36,38). The topological polar surface area (TPSA) is 175 Å². The van der Waals surface area contributed by atoms with Crippen LogP contribution < -0.4 is 5.32 Å². The number of carbonyl (C=O) groups excluding carboxylic acids is 2. The maximum absolute atomic E-state index is 11.5. The molecular weight excluding hydrogens is 690 g/mol. The van der Waals surface area contributed by atoms with Crippen molar-refractivity contribution in [2.45, 2.75) is 46.1 Å². The van der Waals surface area contributed by atoms with Gasteiger partial charge in [-0.1, -0.05) is 6.92 Å². The number of esters is 1. The highest BCUT2D eigenvalue weighted by molar-refractivity contribution is 5.69. The summed E-state index contributed by atoms with van der Waals surface area (Å²) in [6.45, 7) is 19.3. The molecule has 0 bridgehead atoms. The fourth-order valence-corrected chi connectivity index (χ4v) is 3.55. The summed E-state index contributed by atoms with van der Waals surface area (Å²) in [7, 11) is 0. The van der Waals surface area contributed by atoms with Gasteiger partial charge in [-0.25, -0.2) is 4.79 Å². The summed E-state index contributed by atoms with van der Waals surface area (Å²) in [5.41, 5.74) is -0.516. The van der Waals surface area contributed by atoms with E-state index in [1.807, 2.05) is 27.7 Å². The molecule has 0 heterocycles. The highest BCUT2D eigenvalue weighted by Gasteiger charge is 2.15. The summed E-state index contributed by atoms with van der Waals surface area (Å²) in [5.74, 6) is -0.193. The van der Waals surface area contributed by atoms with Crippen LogP contribution in [0.1, 0.15) is 40.5 Å². The van der Waals surface area contributed by atoms with Crippen LogP contribution in [0.25, 0.3) is 0 Å². The highest BCUT2D eigenvalue weighted by atomic mass is 16.6. The van der Waals surface area contributed by atoms with Crippen LogP contribution in [0.5, 0.6) is 0 Å². The highest BCUT2D eigenvalue weighted by Crippen LogP contribution is 2.06. The molecule has 0 aromatic carbocycles. The maximum atomic E-state index is 11.5. The van der Waals surface area contributed by atoms with Crippen LogP contribution in [-0.4, -0.2) is 189 Å². The number of ether oxygens (including phenoxy) is 14. The van der Waals surface area contributed by atoms with Crippen LogP contribution in [0.3, 0.4) is 0 Å². The summed E-state index contributed by atoms with van der Waals surface area (Å²) in [4.78, 5) is 22.7. The zero-order valence-corrected chi connectivity index (χ0v) is 32.3. The van der Waals surface area contributed by atoms with Crippen LogP contribution in [0.4, 0.5) is 4.79 Å². The van der Waals surface area contributed by atoms with E-state index in [4.69, 9.17) is 66.3 Å². The van der Waals surface area contributed by atoms with Gasteiger partial charge in [0.05, 0.1) is 159 Å². The normalized spacial score (nSPS) is 11.6. The first-order valence-corrected chi connectivity index (χ1v) is 18.4. The van der Waals surface area contributed by atoms with Crippen LogP contribution in [0, 0.1) is 0 Å². The number of hydrogen-bond donors (Lipinski definition) is 1. The average Bonchev–Trinajstić information content (AvgIpc) is 3.10. The Hall–Kier alpha value is -1.74. The Morgan fingerprint density at radius 3 is 0.904 bits per heavy atom. The molecule has 0 spiro atoms. The molecule has 0 saturated heterocycles. The van der Waals surface area contributed by atoms with Gasteiger partial charge in [-0.15, -0.1) is 0 Å². The van der Waals surface area contributed by atoms with Crippen molar-refractivity contribution in [3.05, 3.63) is 0 Å². The molecular formula is C35H69NO16. The molecule has 0 fully saturated rings. The van der Waals surface area contributed by atoms with E-state index >= 15 is 0 Å². The van der Waals surface area contributed by atoms with Gasteiger partial charge in [0.25, 0.3) is 0 Å². The Morgan fingerprint density at radius 1 is 0.404 bits per heavy atom. The molecule has 0 aromatic rings. The molecule has 52 heavy (non-hydrogen) atoms. The van der Waals surface area contributed by atoms with E-state index in [1.54, 1.807) is 0 Å². The molecule has 310 valence electrons. The molecule has 0 aromatic heterocycles. The Kier molecular flexibility index (Phi) is 39.1. The van der Waals surface area contributed by atoms with E-state index < -0.39 is 11.7 Å². The monoisotopic (exact) mass is 759 g/mol. The van der Waals surface area contributed by atoms with Crippen molar-refractivity contribution >= 4 is 12.1 Å². The number of alkyl carbamates (subject to hydrolysis) is 1. The maximum Gasteiger partial charge on any atom is 0.407 e. The van der Waals surface area contributed by atoms with Gasteiger partial charge in [0.15, 0.2) is 0 Å². The predicted octanol–water partition coefficient (Wildman–Crippen LogP) is 2.05. The molecule has 17 heteroatoms. The summed E-state index contributed by atoms with van der Waals surface area (Å²) < 4.78 is 75.5. The van der Waals surface area contributed by atoms with E-state index in [-0.39, 0.29) is 12.6 Å². The molecule has 1 N–H and O–H groups in total. The van der Waals surface area contributed by atoms with Crippen molar-refractivity contribution in [3.8, 4) is 0 Å².